The van der Waals surface area contributed by atoms with Crippen molar-refractivity contribution in [3.8, 4) is 0 Å². The number of furan rings is 1. The highest BCUT2D eigenvalue weighted by Gasteiger charge is 2.40. The van der Waals surface area contributed by atoms with E-state index in [1.807, 2.05) is 18.2 Å². The fourth-order valence-electron chi connectivity index (χ4n) is 3.74. The Morgan fingerprint density at radius 1 is 1.18 bits per heavy atom. The number of benzene rings is 2. The van der Waals surface area contributed by atoms with Crippen LogP contribution in [0, 0.1) is 5.82 Å². The number of hydrogen-bond acceptors (Lipinski definition) is 6. The second-order valence-corrected chi connectivity index (χ2v) is 9.31. The number of thioether (sulfide) groups is 1. The van der Waals surface area contributed by atoms with E-state index in [1.165, 1.54) is 18.2 Å². The molecule has 0 radical (unpaired) electrons. The van der Waals surface area contributed by atoms with Crippen LogP contribution in [0.25, 0.3) is 0 Å². The van der Waals surface area contributed by atoms with Crippen molar-refractivity contribution in [1.29, 1.82) is 0 Å². The SMILES string of the molecule is O=C(C[C@@H]1SC(N2N=C(c3ccc(Cl)cc3)C[C@@H]2c2ccco2)=NC1=O)Nc1ccccc1F. The third kappa shape index (κ3) is 4.62. The molecule has 3 aromatic rings. The fraction of sp³-hybridized carbons (Fsp3) is 0.167. The van der Waals surface area contributed by atoms with Gasteiger partial charge >= 0.3 is 0 Å². The van der Waals surface area contributed by atoms with E-state index < -0.39 is 22.9 Å². The number of carbonyl (C=O) groups is 2. The van der Waals surface area contributed by atoms with Gasteiger partial charge in [0.25, 0.3) is 5.91 Å². The maximum Gasteiger partial charge on any atom is 0.262 e. The molecule has 1 aromatic heterocycles. The van der Waals surface area contributed by atoms with E-state index >= 15 is 0 Å². The number of aliphatic imine (C=N–C) groups is 1. The van der Waals surface area contributed by atoms with Crippen molar-refractivity contribution < 1.29 is 18.4 Å². The molecule has 2 aliphatic rings. The zero-order chi connectivity index (χ0) is 23.7. The second-order valence-electron chi connectivity index (χ2n) is 7.70. The average molecular weight is 497 g/mol. The highest BCUT2D eigenvalue weighted by molar-refractivity contribution is 8.15. The van der Waals surface area contributed by atoms with Gasteiger partial charge in [0.05, 0.1) is 17.7 Å². The standard InChI is InChI=1S/C24H18ClFN4O3S/c25-15-9-7-14(8-10-15)18-12-19(20-6-3-11-33-20)30(29-18)24-28-23(32)21(34-24)13-22(31)27-17-5-2-1-4-16(17)26/h1-11,19,21H,12-13H2,(H,27,31)/t19-,21+/m1/s1. The molecule has 172 valence electrons. The fourth-order valence-corrected chi connectivity index (χ4v) is 4.93. The van der Waals surface area contributed by atoms with Gasteiger partial charge in [0.1, 0.15) is 22.9 Å². The number of amidine groups is 1. The number of hydrogen-bond donors (Lipinski definition) is 1. The Balaban J connectivity index is 1.33. The topological polar surface area (TPSA) is 87.3 Å². The molecule has 1 N–H and O–H groups in total. The van der Waals surface area contributed by atoms with E-state index in [2.05, 4.69) is 10.3 Å². The third-order valence-corrected chi connectivity index (χ3v) is 6.80. The molecule has 3 heterocycles. The van der Waals surface area contributed by atoms with E-state index in [0.717, 1.165) is 23.0 Å². The lowest BCUT2D eigenvalue weighted by Crippen LogP contribution is -2.25. The van der Waals surface area contributed by atoms with E-state index in [4.69, 9.17) is 21.1 Å². The van der Waals surface area contributed by atoms with Crippen LogP contribution in [0.15, 0.2) is 81.4 Å². The van der Waals surface area contributed by atoms with Gasteiger partial charge in [-0.25, -0.2) is 9.40 Å². The predicted molar refractivity (Wildman–Crippen MR) is 129 cm³/mol. The third-order valence-electron chi connectivity index (χ3n) is 5.40. The summed E-state index contributed by atoms with van der Waals surface area (Å²) in [5, 5.41) is 9.19. The smallest absolute Gasteiger partial charge is 0.262 e. The molecule has 0 bridgehead atoms. The van der Waals surface area contributed by atoms with Gasteiger partial charge in [0.15, 0.2) is 5.17 Å². The molecule has 2 aromatic carbocycles. The van der Waals surface area contributed by atoms with Gasteiger partial charge in [0.2, 0.25) is 5.91 Å². The van der Waals surface area contributed by atoms with Crippen molar-refractivity contribution in [1.82, 2.24) is 5.01 Å². The Morgan fingerprint density at radius 2 is 1.97 bits per heavy atom. The van der Waals surface area contributed by atoms with Crippen molar-refractivity contribution in [2.24, 2.45) is 10.1 Å². The molecule has 7 nitrogen and oxygen atoms in total. The molecule has 2 atom stereocenters. The highest BCUT2D eigenvalue weighted by Crippen LogP contribution is 2.38. The number of amides is 2. The summed E-state index contributed by atoms with van der Waals surface area (Å²) in [5.41, 5.74) is 1.77. The Morgan fingerprint density at radius 3 is 2.71 bits per heavy atom. The van der Waals surface area contributed by atoms with Gasteiger partial charge in [-0.2, -0.15) is 10.1 Å². The summed E-state index contributed by atoms with van der Waals surface area (Å²) in [6, 6.07) is 16.6. The number of carbonyl (C=O) groups excluding carboxylic acids is 2. The molecule has 2 aliphatic heterocycles. The normalized spacial score (nSPS) is 19.8. The molecule has 0 saturated carbocycles. The van der Waals surface area contributed by atoms with E-state index in [1.54, 1.807) is 35.5 Å². The maximum atomic E-state index is 13.8. The number of hydrazone groups is 1. The number of para-hydroxylation sites is 1. The summed E-state index contributed by atoms with van der Waals surface area (Å²) < 4.78 is 19.5. The van der Waals surface area contributed by atoms with E-state index in [-0.39, 0.29) is 18.2 Å². The largest absolute Gasteiger partial charge is 0.467 e. The summed E-state index contributed by atoms with van der Waals surface area (Å²) in [4.78, 5) is 29.2. The van der Waals surface area contributed by atoms with Crippen LogP contribution in [0.2, 0.25) is 5.02 Å². The van der Waals surface area contributed by atoms with Crippen LogP contribution in [0.5, 0.6) is 0 Å². The summed E-state index contributed by atoms with van der Waals surface area (Å²) in [7, 11) is 0. The molecule has 0 saturated heterocycles. The minimum absolute atomic E-state index is 0.0683. The summed E-state index contributed by atoms with van der Waals surface area (Å²) >= 11 is 7.18. The van der Waals surface area contributed by atoms with Crippen LogP contribution in [-0.2, 0) is 9.59 Å². The van der Waals surface area contributed by atoms with E-state index in [9.17, 15) is 14.0 Å². The van der Waals surface area contributed by atoms with Crippen LogP contribution >= 0.6 is 23.4 Å². The second kappa shape index (κ2) is 9.44. The molecule has 34 heavy (non-hydrogen) atoms. The molecular weight excluding hydrogens is 479 g/mol. The summed E-state index contributed by atoms with van der Waals surface area (Å²) in [5.74, 6) is -0.761. The molecule has 5 rings (SSSR count). The molecule has 10 heteroatoms. The molecular formula is C24H18ClFN4O3S. The highest BCUT2D eigenvalue weighted by atomic mass is 35.5. The molecule has 0 unspecified atom stereocenters. The molecule has 0 fully saturated rings. The lowest BCUT2D eigenvalue weighted by atomic mass is 10.0. The van der Waals surface area contributed by atoms with Crippen LogP contribution in [0.3, 0.4) is 0 Å². The number of nitrogens with one attached hydrogen (secondary N) is 1. The van der Waals surface area contributed by atoms with E-state index in [0.29, 0.717) is 22.4 Å². The Hall–Kier alpha value is -3.43. The minimum Gasteiger partial charge on any atom is -0.467 e. The Labute approximate surface area is 203 Å². The van der Waals surface area contributed by atoms with Crippen LogP contribution in [-0.4, -0.2) is 33.0 Å². The predicted octanol–water partition coefficient (Wildman–Crippen LogP) is 5.25. The number of nitrogens with zero attached hydrogens (tertiary/aromatic N) is 3. The quantitative estimate of drug-likeness (QED) is 0.521. The number of rotatable bonds is 5. The van der Waals surface area contributed by atoms with Crippen molar-refractivity contribution in [2.75, 3.05) is 5.32 Å². The van der Waals surface area contributed by atoms with Crippen molar-refractivity contribution in [3.63, 3.8) is 0 Å². The number of anilines is 1. The zero-order valence-electron chi connectivity index (χ0n) is 17.7. The van der Waals surface area contributed by atoms with Crippen LogP contribution in [0.1, 0.15) is 30.2 Å². The van der Waals surface area contributed by atoms with Crippen LogP contribution < -0.4 is 5.32 Å². The first kappa shape index (κ1) is 22.4. The van der Waals surface area contributed by atoms with Gasteiger partial charge in [0, 0.05) is 17.9 Å². The van der Waals surface area contributed by atoms with Gasteiger partial charge in [-0.3, -0.25) is 9.59 Å². The summed E-state index contributed by atoms with van der Waals surface area (Å²) in [6.07, 6.45) is 1.98. The van der Waals surface area contributed by atoms with Crippen molar-refractivity contribution >= 4 is 51.7 Å². The van der Waals surface area contributed by atoms with Gasteiger partial charge in [-0.15, -0.1) is 0 Å². The van der Waals surface area contributed by atoms with Crippen LogP contribution in [0.4, 0.5) is 10.1 Å². The molecule has 0 aliphatic carbocycles. The van der Waals surface area contributed by atoms with Gasteiger partial charge in [-0.1, -0.05) is 47.6 Å². The minimum atomic E-state index is -0.728. The molecule has 2 amide bonds. The lowest BCUT2D eigenvalue weighted by molar-refractivity contribution is -0.121. The molecule has 0 spiro atoms. The van der Waals surface area contributed by atoms with Crippen molar-refractivity contribution in [3.05, 3.63) is 89.1 Å². The average Bonchev–Trinajstić information content (AvgIpc) is 3.56. The Kier molecular flexibility index (Phi) is 6.21. The van der Waals surface area contributed by atoms with Crippen molar-refractivity contribution in [2.45, 2.75) is 24.1 Å². The lowest BCUT2D eigenvalue weighted by Gasteiger charge is -2.20. The first-order valence-electron chi connectivity index (χ1n) is 10.5. The monoisotopic (exact) mass is 496 g/mol. The van der Waals surface area contributed by atoms with Gasteiger partial charge in [-0.05, 0) is 42.0 Å². The van der Waals surface area contributed by atoms with Gasteiger partial charge < -0.3 is 9.73 Å². The number of halogens is 2. The summed E-state index contributed by atoms with van der Waals surface area (Å²) in [6.45, 7) is 0. The zero-order valence-corrected chi connectivity index (χ0v) is 19.2. The Bertz CT molecular complexity index is 1290. The first-order chi connectivity index (χ1) is 16.5. The first-order valence-corrected chi connectivity index (χ1v) is 11.7. The maximum absolute atomic E-state index is 13.8.